The van der Waals surface area contributed by atoms with Crippen molar-refractivity contribution in [3.8, 4) is 23.7 Å². The zero-order chi connectivity index (χ0) is 23.9. The summed E-state index contributed by atoms with van der Waals surface area (Å²) in [4.78, 5) is 23.2. The van der Waals surface area contributed by atoms with E-state index in [1.165, 1.54) is 12.4 Å². The number of nitrogens with one attached hydrogen (secondary N) is 2. The maximum absolute atomic E-state index is 14.5. The summed E-state index contributed by atoms with van der Waals surface area (Å²) in [5.74, 6) is 11.8. The average molecular weight is 474 g/mol. The summed E-state index contributed by atoms with van der Waals surface area (Å²) in [6.45, 7) is 3.60. The van der Waals surface area contributed by atoms with E-state index in [4.69, 9.17) is 11.6 Å². The van der Waals surface area contributed by atoms with E-state index < -0.39 is 11.7 Å². The number of amides is 1. The third kappa shape index (κ3) is 4.17. The molecule has 2 fully saturated rings. The first-order valence-electron chi connectivity index (χ1n) is 10.8. The molecule has 1 saturated heterocycles. The van der Waals surface area contributed by atoms with Crippen molar-refractivity contribution in [2.75, 3.05) is 30.8 Å². The Morgan fingerprint density at radius 1 is 1.29 bits per heavy atom. The van der Waals surface area contributed by atoms with Crippen LogP contribution in [0.15, 0.2) is 36.7 Å². The van der Waals surface area contributed by atoms with Crippen LogP contribution in [0, 0.1) is 40.8 Å². The number of benzene rings is 2. The Balaban J connectivity index is 1.58. The number of likely N-dealkylation sites (tertiary alicyclic amines) is 1. The van der Waals surface area contributed by atoms with Crippen molar-refractivity contribution in [3.05, 3.63) is 53.1 Å². The van der Waals surface area contributed by atoms with Crippen molar-refractivity contribution in [2.24, 2.45) is 11.3 Å². The summed E-state index contributed by atoms with van der Waals surface area (Å²) in [7, 11) is 2.11. The first kappa shape index (κ1) is 22.2. The lowest BCUT2D eigenvalue weighted by atomic mass is 10.0. The first-order chi connectivity index (χ1) is 16.4. The first-order valence-corrected chi connectivity index (χ1v) is 11.2. The summed E-state index contributed by atoms with van der Waals surface area (Å²) in [5, 5.41) is 6.40. The van der Waals surface area contributed by atoms with E-state index in [9.17, 15) is 9.18 Å². The smallest absolute Gasteiger partial charge is 0.300 e. The molecule has 0 radical (unpaired) electrons. The highest BCUT2D eigenvalue weighted by molar-refractivity contribution is 6.31. The van der Waals surface area contributed by atoms with Gasteiger partial charge in [-0.15, -0.1) is 0 Å². The standard InChI is InChI=1S/C26H21ClFN5O/c1-3-5-23(34)31-21-11-18-22(10-16(21)8-9-26-12-17(26)13-33(2)14-26)29-15-30-25(18)32-20-7-4-6-19(27)24(20)28/h4,6-7,10-11,15,17H,12-14H2,1-2H3,(H,31,34)(H,29,30,32)/t17-,26+/m0/s1. The minimum absolute atomic E-state index is 0.00216. The van der Waals surface area contributed by atoms with Crippen LogP contribution in [-0.4, -0.2) is 40.9 Å². The number of aromatic nitrogens is 2. The fourth-order valence-electron chi connectivity index (χ4n) is 4.53. The number of halogens is 2. The van der Waals surface area contributed by atoms with Crippen molar-refractivity contribution >= 4 is 45.6 Å². The number of hydrogen-bond acceptors (Lipinski definition) is 5. The molecule has 5 rings (SSSR count). The molecule has 8 heteroatoms. The number of fused-ring (bicyclic) bond motifs is 2. The van der Waals surface area contributed by atoms with Crippen LogP contribution in [0.3, 0.4) is 0 Å². The van der Waals surface area contributed by atoms with E-state index in [0.29, 0.717) is 33.9 Å². The van der Waals surface area contributed by atoms with Crippen LogP contribution < -0.4 is 10.6 Å². The number of hydrogen-bond donors (Lipinski definition) is 2. The van der Waals surface area contributed by atoms with E-state index in [1.807, 2.05) is 6.07 Å². The fourth-order valence-corrected chi connectivity index (χ4v) is 4.70. The Morgan fingerprint density at radius 3 is 2.91 bits per heavy atom. The molecule has 1 saturated carbocycles. The summed E-state index contributed by atoms with van der Waals surface area (Å²) in [5.41, 5.74) is 1.96. The zero-order valence-electron chi connectivity index (χ0n) is 18.7. The minimum atomic E-state index is -0.579. The molecule has 3 aromatic rings. The maximum atomic E-state index is 14.5. The van der Waals surface area contributed by atoms with Gasteiger partial charge in [0.05, 0.1) is 27.5 Å². The molecule has 170 valence electrons. The lowest BCUT2D eigenvalue weighted by Gasteiger charge is -2.13. The van der Waals surface area contributed by atoms with Gasteiger partial charge < -0.3 is 15.5 Å². The molecular formula is C26H21ClFN5O. The minimum Gasteiger partial charge on any atom is -0.337 e. The number of nitrogens with zero attached hydrogens (tertiary/aromatic N) is 3. The van der Waals surface area contributed by atoms with Crippen LogP contribution in [0.5, 0.6) is 0 Å². The molecule has 2 aliphatic rings. The Hall–Kier alpha value is -3.65. The van der Waals surface area contributed by atoms with Gasteiger partial charge in [0.25, 0.3) is 5.91 Å². The van der Waals surface area contributed by atoms with Gasteiger partial charge in [-0.3, -0.25) is 4.79 Å². The largest absolute Gasteiger partial charge is 0.337 e. The Morgan fingerprint density at radius 2 is 2.15 bits per heavy atom. The van der Waals surface area contributed by atoms with Crippen molar-refractivity contribution in [3.63, 3.8) is 0 Å². The average Bonchev–Trinajstić information content (AvgIpc) is 3.36. The molecule has 2 N–H and O–H groups in total. The molecule has 34 heavy (non-hydrogen) atoms. The lowest BCUT2D eigenvalue weighted by molar-refractivity contribution is -0.111. The maximum Gasteiger partial charge on any atom is 0.300 e. The quantitative estimate of drug-likeness (QED) is 0.551. The molecule has 6 nitrogen and oxygen atoms in total. The third-order valence-corrected chi connectivity index (χ3v) is 6.52. The Labute approximate surface area is 201 Å². The van der Waals surface area contributed by atoms with Gasteiger partial charge in [-0.25, -0.2) is 14.4 Å². The molecule has 0 bridgehead atoms. The molecule has 2 atom stereocenters. The van der Waals surface area contributed by atoms with E-state index in [0.717, 1.165) is 19.5 Å². The van der Waals surface area contributed by atoms with Gasteiger partial charge in [0, 0.05) is 23.9 Å². The van der Waals surface area contributed by atoms with Crippen molar-refractivity contribution in [1.29, 1.82) is 0 Å². The van der Waals surface area contributed by atoms with Crippen molar-refractivity contribution in [2.45, 2.75) is 13.3 Å². The highest BCUT2D eigenvalue weighted by Crippen LogP contribution is 2.56. The number of carbonyl (C=O) groups is 1. The monoisotopic (exact) mass is 473 g/mol. The van der Waals surface area contributed by atoms with E-state index in [-0.39, 0.29) is 16.1 Å². The predicted octanol–water partition coefficient (Wildman–Crippen LogP) is 4.43. The summed E-state index contributed by atoms with van der Waals surface area (Å²) in [6, 6.07) is 8.23. The molecule has 0 spiro atoms. The number of anilines is 3. The molecule has 1 aliphatic carbocycles. The van der Waals surface area contributed by atoms with Gasteiger partial charge in [-0.2, -0.15) is 0 Å². The molecule has 1 aliphatic heterocycles. The van der Waals surface area contributed by atoms with Crippen LogP contribution >= 0.6 is 11.6 Å². The third-order valence-electron chi connectivity index (χ3n) is 6.23. The van der Waals surface area contributed by atoms with Gasteiger partial charge in [-0.1, -0.05) is 35.4 Å². The number of piperidine rings is 1. The predicted molar refractivity (Wildman–Crippen MR) is 131 cm³/mol. The number of carbonyl (C=O) groups excluding carboxylic acids is 1. The number of rotatable bonds is 3. The lowest BCUT2D eigenvalue weighted by Crippen LogP contribution is -2.19. The second-order valence-electron chi connectivity index (χ2n) is 8.70. The summed E-state index contributed by atoms with van der Waals surface area (Å²) in [6.07, 6.45) is 2.50. The van der Waals surface area contributed by atoms with Gasteiger partial charge in [0.2, 0.25) is 0 Å². The SMILES string of the molecule is CC#CC(=O)Nc1cc2c(Nc3cccc(Cl)c3F)ncnc2cc1C#C[C@]12C[C@H]1CN(C)C2. The molecule has 2 heterocycles. The van der Waals surface area contributed by atoms with Crippen LogP contribution in [0.25, 0.3) is 10.9 Å². The topological polar surface area (TPSA) is 70.1 Å². The van der Waals surface area contributed by atoms with E-state index in [2.05, 4.69) is 56.2 Å². The van der Waals surface area contributed by atoms with Crippen molar-refractivity contribution < 1.29 is 9.18 Å². The van der Waals surface area contributed by atoms with Gasteiger partial charge in [0.1, 0.15) is 12.1 Å². The van der Waals surface area contributed by atoms with Crippen LogP contribution in [0.2, 0.25) is 5.02 Å². The Kier molecular flexibility index (Phi) is 5.61. The molecule has 0 unspecified atom stereocenters. The van der Waals surface area contributed by atoms with E-state index in [1.54, 1.807) is 25.1 Å². The van der Waals surface area contributed by atoms with Crippen LogP contribution in [0.4, 0.5) is 21.6 Å². The highest BCUT2D eigenvalue weighted by atomic mass is 35.5. The fraction of sp³-hybridized carbons (Fsp3) is 0.269. The molecule has 1 aromatic heterocycles. The van der Waals surface area contributed by atoms with Crippen molar-refractivity contribution in [1.82, 2.24) is 14.9 Å². The van der Waals surface area contributed by atoms with Crippen LogP contribution in [-0.2, 0) is 4.79 Å². The second kappa shape index (κ2) is 8.61. The normalized spacial score (nSPS) is 20.5. The summed E-state index contributed by atoms with van der Waals surface area (Å²) < 4.78 is 14.5. The van der Waals surface area contributed by atoms with E-state index >= 15 is 0 Å². The molecular weight excluding hydrogens is 453 g/mol. The molecule has 2 aromatic carbocycles. The Bertz CT molecular complexity index is 1450. The highest BCUT2D eigenvalue weighted by Gasteiger charge is 2.58. The molecule has 1 amide bonds. The summed E-state index contributed by atoms with van der Waals surface area (Å²) >= 11 is 5.92. The zero-order valence-corrected chi connectivity index (χ0v) is 19.4. The van der Waals surface area contributed by atoms with Gasteiger partial charge >= 0.3 is 0 Å². The second-order valence-corrected chi connectivity index (χ2v) is 9.10. The van der Waals surface area contributed by atoms with Gasteiger partial charge in [0.15, 0.2) is 5.82 Å². The van der Waals surface area contributed by atoms with Crippen LogP contribution in [0.1, 0.15) is 18.9 Å². The van der Waals surface area contributed by atoms with Gasteiger partial charge in [-0.05, 0) is 56.5 Å².